The van der Waals surface area contributed by atoms with Crippen LogP contribution in [0, 0.1) is 5.82 Å². The summed E-state index contributed by atoms with van der Waals surface area (Å²) in [5.41, 5.74) is 2.30. The first kappa shape index (κ1) is 10.6. The van der Waals surface area contributed by atoms with Crippen molar-refractivity contribution in [3.63, 3.8) is 0 Å². The molecule has 1 aliphatic carbocycles. The van der Waals surface area contributed by atoms with Crippen molar-refractivity contribution in [3.05, 3.63) is 35.1 Å². The van der Waals surface area contributed by atoms with Crippen LogP contribution in [0.5, 0.6) is 0 Å². The van der Waals surface area contributed by atoms with Crippen molar-refractivity contribution in [2.24, 2.45) is 0 Å². The Bertz CT molecular complexity index is 340. The molecule has 1 unspecified atom stereocenters. The number of benzene rings is 1. The van der Waals surface area contributed by atoms with Gasteiger partial charge in [-0.05, 0) is 42.5 Å². The first-order valence-electron chi connectivity index (χ1n) is 5.44. The second kappa shape index (κ2) is 4.73. The van der Waals surface area contributed by atoms with Crippen LogP contribution in [-0.2, 0) is 6.42 Å². The zero-order chi connectivity index (χ0) is 10.7. The fourth-order valence-corrected chi connectivity index (χ4v) is 2.23. The molecule has 1 aromatic rings. The second-order valence-corrected chi connectivity index (χ2v) is 3.97. The Kier molecular flexibility index (Phi) is 3.34. The van der Waals surface area contributed by atoms with Gasteiger partial charge in [0, 0.05) is 12.6 Å². The van der Waals surface area contributed by atoms with Crippen LogP contribution in [0.1, 0.15) is 30.0 Å². The minimum Gasteiger partial charge on any atom is -0.395 e. The van der Waals surface area contributed by atoms with Gasteiger partial charge in [0.15, 0.2) is 0 Å². The minimum atomic E-state index is -0.156. The van der Waals surface area contributed by atoms with Crippen LogP contribution < -0.4 is 5.32 Å². The molecule has 0 aromatic heterocycles. The molecule has 2 N–H and O–H groups in total. The zero-order valence-electron chi connectivity index (χ0n) is 8.67. The van der Waals surface area contributed by atoms with Crippen LogP contribution in [0.4, 0.5) is 4.39 Å². The lowest BCUT2D eigenvalue weighted by molar-refractivity contribution is 0.280. The van der Waals surface area contributed by atoms with E-state index in [-0.39, 0.29) is 18.5 Å². The van der Waals surface area contributed by atoms with Gasteiger partial charge in [-0.15, -0.1) is 0 Å². The van der Waals surface area contributed by atoms with Gasteiger partial charge in [-0.3, -0.25) is 0 Å². The molecule has 2 rings (SSSR count). The highest BCUT2D eigenvalue weighted by molar-refractivity contribution is 5.32. The van der Waals surface area contributed by atoms with Crippen molar-refractivity contribution in [2.75, 3.05) is 13.2 Å². The molecule has 0 saturated carbocycles. The third kappa shape index (κ3) is 2.36. The smallest absolute Gasteiger partial charge is 0.123 e. The average molecular weight is 209 g/mol. The molecule has 0 bridgehead atoms. The molecule has 2 nitrogen and oxygen atoms in total. The van der Waals surface area contributed by atoms with E-state index < -0.39 is 0 Å². The van der Waals surface area contributed by atoms with Crippen LogP contribution in [0.2, 0.25) is 0 Å². The summed E-state index contributed by atoms with van der Waals surface area (Å²) in [7, 11) is 0. The Hall–Kier alpha value is -0.930. The van der Waals surface area contributed by atoms with Crippen molar-refractivity contribution >= 4 is 0 Å². The van der Waals surface area contributed by atoms with Gasteiger partial charge in [-0.1, -0.05) is 6.07 Å². The number of aliphatic hydroxyl groups excluding tert-OH is 1. The summed E-state index contributed by atoms with van der Waals surface area (Å²) in [4.78, 5) is 0. The van der Waals surface area contributed by atoms with E-state index in [4.69, 9.17) is 5.11 Å². The van der Waals surface area contributed by atoms with E-state index in [1.54, 1.807) is 6.07 Å². The van der Waals surface area contributed by atoms with Crippen LogP contribution >= 0.6 is 0 Å². The van der Waals surface area contributed by atoms with Gasteiger partial charge in [0.1, 0.15) is 5.82 Å². The van der Waals surface area contributed by atoms with Crippen molar-refractivity contribution in [3.8, 4) is 0 Å². The number of aryl methyl sites for hydroxylation is 1. The zero-order valence-corrected chi connectivity index (χ0v) is 8.67. The third-order valence-corrected chi connectivity index (χ3v) is 2.92. The fourth-order valence-electron chi connectivity index (χ4n) is 2.23. The lowest BCUT2D eigenvalue weighted by Crippen LogP contribution is -2.27. The average Bonchev–Trinajstić information content (AvgIpc) is 2.25. The van der Waals surface area contributed by atoms with E-state index in [1.165, 1.54) is 11.6 Å². The second-order valence-electron chi connectivity index (χ2n) is 3.97. The first-order valence-corrected chi connectivity index (χ1v) is 5.44. The predicted octanol–water partition coefficient (Wildman–Crippen LogP) is 1.78. The molecule has 1 aliphatic rings. The van der Waals surface area contributed by atoms with Crippen LogP contribution in [0.3, 0.4) is 0 Å². The van der Waals surface area contributed by atoms with Gasteiger partial charge < -0.3 is 10.4 Å². The van der Waals surface area contributed by atoms with E-state index in [1.807, 2.05) is 6.07 Å². The number of halogens is 1. The molecular formula is C12H16FNO. The summed E-state index contributed by atoms with van der Waals surface area (Å²) in [6.07, 6.45) is 3.11. The number of hydrogen-bond donors (Lipinski definition) is 2. The Morgan fingerprint density at radius 3 is 3.13 bits per heavy atom. The van der Waals surface area contributed by atoms with E-state index in [0.29, 0.717) is 6.54 Å². The first-order chi connectivity index (χ1) is 7.31. The lowest BCUT2D eigenvalue weighted by Gasteiger charge is -2.26. The standard InChI is InChI=1S/C12H16FNO/c13-10-4-5-11-9(8-10)2-1-3-12(11)14-6-7-15/h4-5,8,12,14-15H,1-3,6-7H2. The maximum atomic E-state index is 13.0. The van der Waals surface area contributed by atoms with Gasteiger partial charge >= 0.3 is 0 Å². The van der Waals surface area contributed by atoms with Gasteiger partial charge in [0.05, 0.1) is 6.61 Å². The minimum absolute atomic E-state index is 0.146. The molecule has 1 atom stereocenters. The van der Waals surface area contributed by atoms with Gasteiger partial charge in [0.2, 0.25) is 0 Å². The number of nitrogens with one attached hydrogen (secondary N) is 1. The van der Waals surface area contributed by atoms with E-state index >= 15 is 0 Å². The summed E-state index contributed by atoms with van der Waals surface area (Å²) < 4.78 is 13.0. The van der Waals surface area contributed by atoms with E-state index in [2.05, 4.69) is 5.32 Å². The molecule has 0 aliphatic heterocycles. The molecule has 0 saturated heterocycles. The van der Waals surface area contributed by atoms with Crippen LogP contribution in [0.15, 0.2) is 18.2 Å². The Balaban J connectivity index is 2.18. The molecule has 15 heavy (non-hydrogen) atoms. The highest BCUT2D eigenvalue weighted by atomic mass is 19.1. The summed E-state index contributed by atoms with van der Waals surface area (Å²) in [6, 6.07) is 5.28. The molecule has 0 heterocycles. The third-order valence-electron chi connectivity index (χ3n) is 2.92. The number of hydrogen-bond acceptors (Lipinski definition) is 2. The maximum Gasteiger partial charge on any atom is 0.123 e. The van der Waals surface area contributed by atoms with Crippen molar-refractivity contribution in [2.45, 2.75) is 25.3 Å². The van der Waals surface area contributed by atoms with Crippen LogP contribution in [-0.4, -0.2) is 18.3 Å². The summed E-state index contributed by atoms with van der Waals surface area (Å²) >= 11 is 0. The van der Waals surface area contributed by atoms with Gasteiger partial charge in [-0.2, -0.15) is 0 Å². The highest BCUT2D eigenvalue weighted by Crippen LogP contribution is 2.29. The Morgan fingerprint density at radius 1 is 1.47 bits per heavy atom. The van der Waals surface area contributed by atoms with E-state index in [9.17, 15) is 4.39 Å². The normalized spacial score (nSPS) is 20.0. The van der Waals surface area contributed by atoms with Crippen LogP contribution in [0.25, 0.3) is 0 Å². The largest absolute Gasteiger partial charge is 0.395 e. The Labute approximate surface area is 89.1 Å². The fraction of sp³-hybridized carbons (Fsp3) is 0.500. The Morgan fingerprint density at radius 2 is 2.33 bits per heavy atom. The van der Waals surface area contributed by atoms with E-state index in [0.717, 1.165) is 24.8 Å². The SMILES string of the molecule is OCCNC1CCCc2cc(F)ccc21. The quantitative estimate of drug-likeness (QED) is 0.795. The summed E-state index contributed by atoms with van der Waals surface area (Å²) in [5.74, 6) is -0.156. The topological polar surface area (TPSA) is 32.3 Å². The maximum absolute atomic E-state index is 13.0. The molecule has 0 fully saturated rings. The molecule has 0 spiro atoms. The molecule has 0 radical (unpaired) electrons. The molecule has 0 amide bonds. The molecule has 82 valence electrons. The van der Waals surface area contributed by atoms with Crippen molar-refractivity contribution in [1.29, 1.82) is 0 Å². The van der Waals surface area contributed by atoms with Crippen molar-refractivity contribution < 1.29 is 9.50 Å². The number of fused-ring (bicyclic) bond motifs is 1. The molecular weight excluding hydrogens is 193 g/mol. The highest BCUT2D eigenvalue weighted by Gasteiger charge is 2.19. The van der Waals surface area contributed by atoms with Crippen molar-refractivity contribution in [1.82, 2.24) is 5.32 Å². The van der Waals surface area contributed by atoms with Gasteiger partial charge in [-0.25, -0.2) is 4.39 Å². The predicted molar refractivity (Wildman–Crippen MR) is 57.2 cm³/mol. The molecule has 3 heteroatoms. The monoisotopic (exact) mass is 209 g/mol. The number of rotatable bonds is 3. The summed E-state index contributed by atoms with van der Waals surface area (Å²) in [5, 5.41) is 12.0. The lowest BCUT2D eigenvalue weighted by atomic mass is 9.87. The van der Waals surface area contributed by atoms with Gasteiger partial charge in [0.25, 0.3) is 0 Å². The summed E-state index contributed by atoms with van der Waals surface area (Å²) in [6.45, 7) is 0.745. The number of aliphatic hydroxyl groups is 1. The molecule has 1 aromatic carbocycles.